The Labute approximate surface area is 73.0 Å². The molecule has 0 spiro atoms. The predicted octanol–water partition coefficient (Wildman–Crippen LogP) is 1.06. The lowest BCUT2D eigenvalue weighted by atomic mass is 10.2. The van der Waals surface area contributed by atoms with Gasteiger partial charge < -0.3 is 10.2 Å². The number of phenolic OH excluding ortho intramolecular Hbond substituents is 1. The summed E-state index contributed by atoms with van der Waals surface area (Å²) in [5.41, 5.74) is -0.151. The molecule has 13 heavy (non-hydrogen) atoms. The van der Waals surface area contributed by atoms with Crippen molar-refractivity contribution in [3.8, 4) is 5.75 Å². The number of aliphatic imine (C=N–C) groups is 1. The highest BCUT2D eigenvalue weighted by Gasteiger charge is 2.06. The lowest BCUT2D eigenvalue weighted by Gasteiger charge is -1.97. The number of benzene rings is 1. The maximum absolute atomic E-state index is 10.4. The van der Waals surface area contributed by atoms with Crippen LogP contribution in [0.15, 0.2) is 23.2 Å². The second-order valence-corrected chi connectivity index (χ2v) is 2.21. The number of hydrogen-bond acceptors (Lipinski definition) is 4. The fourth-order valence-corrected chi connectivity index (χ4v) is 0.795. The van der Waals surface area contributed by atoms with Gasteiger partial charge in [-0.15, -0.1) is 0 Å². The summed E-state index contributed by atoms with van der Waals surface area (Å²) in [4.78, 5) is 23.4. The molecule has 1 aromatic carbocycles. The monoisotopic (exact) mass is 179 g/mol. The molecule has 0 aliphatic heterocycles. The first-order chi connectivity index (χ1) is 6.15. The Morgan fingerprint density at radius 3 is 2.69 bits per heavy atom. The largest absolute Gasteiger partial charge is 0.506 e. The number of nitrogens with zero attached hydrogens (tertiary/aromatic N) is 1. The van der Waals surface area contributed by atoms with Gasteiger partial charge in [-0.25, -0.2) is 9.59 Å². The molecular weight excluding hydrogens is 174 g/mol. The summed E-state index contributed by atoms with van der Waals surface area (Å²) < 4.78 is 0. The van der Waals surface area contributed by atoms with E-state index in [0.717, 1.165) is 12.1 Å². The van der Waals surface area contributed by atoms with Gasteiger partial charge in [0.1, 0.15) is 11.4 Å². The van der Waals surface area contributed by atoms with Gasteiger partial charge in [-0.1, -0.05) is 0 Å². The van der Waals surface area contributed by atoms with E-state index in [0.29, 0.717) is 0 Å². The van der Waals surface area contributed by atoms with Crippen molar-refractivity contribution in [2.75, 3.05) is 0 Å². The minimum absolute atomic E-state index is 0.0493. The van der Waals surface area contributed by atoms with Crippen molar-refractivity contribution >= 4 is 17.7 Å². The standard InChI is InChI=1S/C8H5NO4/c10-4-9-6-3-5(8(12)13)1-2-7(6)11/h1-3,11H,(H,12,13). The number of carbonyl (C=O) groups excluding carboxylic acids is 1. The maximum atomic E-state index is 10.4. The van der Waals surface area contributed by atoms with Crippen molar-refractivity contribution < 1.29 is 19.8 Å². The number of carboxylic acid groups (broad SMARTS) is 1. The van der Waals surface area contributed by atoms with E-state index in [-0.39, 0.29) is 17.0 Å². The van der Waals surface area contributed by atoms with Crippen LogP contribution in [-0.4, -0.2) is 22.3 Å². The van der Waals surface area contributed by atoms with Gasteiger partial charge in [0.15, 0.2) is 0 Å². The predicted molar refractivity (Wildman–Crippen MR) is 42.8 cm³/mol. The molecular formula is C8H5NO4. The van der Waals surface area contributed by atoms with Crippen LogP contribution >= 0.6 is 0 Å². The molecule has 0 amide bonds. The lowest BCUT2D eigenvalue weighted by molar-refractivity contribution is 0.0697. The van der Waals surface area contributed by atoms with Crippen LogP contribution in [0.1, 0.15) is 10.4 Å². The van der Waals surface area contributed by atoms with Crippen molar-refractivity contribution in [1.29, 1.82) is 0 Å². The molecule has 0 saturated carbocycles. The molecule has 0 unspecified atom stereocenters. The SMILES string of the molecule is O=C=Nc1cc(C(=O)O)ccc1O. The summed E-state index contributed by atoms with van der Waals surface area (Å²) in [6.07, 6.45) is 1.21. The van der Waals surface area contributed by atoms with Crippen LogP contribution < -0.4 is 0 Å². The summed E-state index contributed by atoms with van der Waals surface area (Å²) in [7, 11) is 0. The highest BCUT2D eigenvalue weighted by molar-refractivity contribution is 5.89. The maximum Gasteiger partial charge on any atom is 0.335 e. The molecule has 5 nitrogen and oxygen atoms in total. The van der Waals surface area contributed by atoms with Gasteiger partial charge in [-0.3, -0.25) is 0 Å². The molecule has 0 saturated heterocycles. The quantitative estimate of drug-likeness (QED) is 0.524. The van der Waals surface area contributed by atoms with Gasteiger partial charge in [-0.05, 0) is 18.2 Å². The van der Waals surface area contributed by atoms with Crippen LogP contribution in [0, 0.1) is 0 Å². The zero-order valence-electron chi connectivity index (χ0n) is 6.39. The summed E-state index contributed by atoms with van der Waals surface area (Å²) in [6.45, 7) is 0. The highest BCUT2D eigenvalue weighted by Crippen LogP contribution is 2.26. The first kappa shape index (κ1) is 8.96. The first-order valence-electron chi connectivity index (χ1n) is 3.29. The van der Waals surface area contributed by atoms with Crippen molar-refractivity contribution in [2.24, 2.45) is 4.99 Å². The number of hydrogen-bond donors (Lipinski definition) is 2. The van der Waals surface area contributed by atoms with Crippen LogP contribution in [0.3, 0.4) is 0 Å². The Kier molecular flexibility index (Phi) is 2.42. The third kappa shape index (κ3) is 1.91. The molecule has 0 fully saturated rings. The van der Waals surface area contributed by atoms with E-state index in [1.807, 2.05) is 0 Å². The van der Waals surface area contributed by atoms with Crippen LogP contribution in [0.25, 0.3) is 0 Å². The fourth-order valence-electron chi connectivity index (χ4n) is 0.795. The number of carboxylic acids is 1. The van der Waals surface area contributed by atoms with Crippen molar-refractivity contribution in [3.63, 3.8) is 0 Å². The number of isocyanates is 1. The Bertz CT molecular complexity index is 393. The van der Waals surface area contributed by atoms with Gasteiger partial charge in [0, 0.05) is 0 Å². The minimum atomic E-state index is -1.15. The van der Waals surface area contributed by atoms with Crippen LogP contribution in [-0.2, 0) is 4.79 Å². The van der Waals surface area contributed by atoms with Crippen molar-refractivity contribution in [2.45, 2.75) is 0 Å². The third-order valence-electron chi connectivity index (χ3n) is 1.39. The second-order valence-electron chi connectivity index (χ2n) is 2.21. The number of aromatic hydroxyl groups is 1. The molecule has 0 aliphatic rings. The molecule has 0 bridgehead atoms. The molecule has 2 N–H and O–H groups in total. The molecule has 66 valence electrons. The molecule has 5 heteroatoms. The Balaban J connectivity index is 3.26. The van der Waals surface area contributed by atoms with E-state index in [4.69, 9.17) is 10.2 Å². The van der Waals surface area contributed by atoms with Crippen LogP contribution in [0.5, 0.6) is 5.75 Å². The molecule has 1 rings (SSSR count). The average molecular weight is 179 g/mol. The smallest absolute Gasteiger partial charge is 0.335 e. The third-order valence-corrected chi connectivity index (χ3v) is 1.39. The Morgan fingerprint density at radius 1 is 1.46 bits per heavy atom. The van der Waals surface area contributed by atoms with Crippen molar-refractivity contribution in [1.82, 2.24) is 0 Å². The van der Waals surface area contributed by atoms with Gasteiger partial charge in [0.25, 0.3) is 0 Å². The number of phenols is 1. The Morgan fingerprint density at radius 2 is 2.15 bits per heavy atom. The summed E-state index contributed by atoms with van der Waals surface area (Å²) in [5, 5.41) is 17.6. The highest BCUT2D eigenvalue weighted by atomic mass is 16.4. The second kappa shape index (κ2) is 3.51. The van der Waals surface area contributed by atoms with Crippen LogP contribution in [0.4, 0.5) is 5.69 Å². The first-order valence-corrected chi connectivity index (χ1v) is 3.29. The van der Waals surface area contributed by atoms with E-state index in [9.17, 15) is 9.59 Å². The van der Waals surface area contributed by atoms with Crippen LogP contribution in [0.2, 0.25) is 0 Å². The summed E-state index contributed by atoms with van der Waals surface area (Å²) >= 11 is 0. The summed E-state index contributed by atoms with van der Waals surface area (Å²) in [6, 6.07) is 3.45. The molecule has 0 radical (unpaired) electrons. The lowest BCUT2D eigenvalue weighted by Crippen LogP contribution is -1.94. The molecule has 0 aliphatic carbocycles. The summed E-state index contributed by atoms with van der Waals surface area (Å²) in [5.74, 6) is -1.41. The molecule has 0 heterocycles. The van der Waals surface area contributed by atoms with Gasteiger partial charge in [-0.2, -0.15) is 4.99 Å². The van der Waals surface area contributed by atoms with E-state index in [1.165, 1.54) is 12.1 Å². The van der Waals surface area contributed by atoms with Gasteiger partial charge in [0.2, 0.25) is 6.08 Å². The van der Waals surface area contributed by atoms with Crippen molar-refractivity contribution in [3.05, 3.63) is 23.8 Å². The minimum Gasteiger partial charge on any atom is -0.506 e. The van der Waals surface area contributed by atoms with E-state index < -0.39 is 5.97 Å². The molecule has 1 aromatic rings. The fraction of sp³-hybridized carbons (Fsp3) is 0. The number of aromatic carboxylic acids is 1. The zero-order valence-corrected chi connectivity index (χ0v) is 6.39. The Hall–Kier alpha value is -2.13. The molecule has 0 aromatic heterocycles. The number of carbonyl (C=O) groups is 1. The normalized spacial score (nSPS) is 8.92. The zero-order chi connectivity index (χ0) is 9.84. The van der Waals surface area contributed by atoms with E-state index >= 15 is 0 Å². The topological polar surface area (TPSA) is 87.0 Å². The average Bonchev–Trinajstić information content (AvgIpc) is 2.08. The van der Waals surface area contributed by atoms with Gasteiger partial charge >= 0.3 is 5.97 Å². The molecule has 0 atom stereocenters. The van der Waals surface area contributed by atoms with E-state index in [1.54, 1.807) is 0 Å². The van der Waals surface area contributed by atoms with E-state index in [2.05, 4.69) is 4.99 Å². The van der Waals surface area contributed by atoms with Gasteiger partial charge in [0.05, 0.1) is 5.56 Å². The number of rotatable bonds is 2.